The average molecular weight is 959 g/mol. The molecule has 1 unspecified atom stereocenters. The summed E-state index contributed by atoms with van der Waals surface area (Å²) >= 11 is 1.89. The molecule has 67 heavy (non-hydrogen) atoms. The highest BCUT2D eigenvalue weighted by atomic mass is 32.1. The van der Waals surface area contributed by atoms with Crippen LogP contribution in [0, 0.1) is 11.8 Å². The number of alkyl halides is 4. The Morgan fingerprint density at radius 2 is 1.12 bits per heavy atom. The number of ether oxygens (including phenoxy) is 4. The monoisotopic (exact) mass is 958 g/mol. The second kappa shape index (κ2) is 20.1. The summed E-state index contributed by atoms with van der Waals surface area (Å²) in [5, 5.41) is 18.6. The third kappa shape index (κ3) is 11.3. The lowest BCUT2D eigenvalue weighted by Gasteiger charge is -2.36. The minimum atomic E-state index is -3.31. The molecular formula is C51H50F4N2O8S2. The van der Waals surface area contributed by atoms with Gasteiger partial charge in [0.1, 0.15) is 13.2 Å². The Morgan fingerprint density at radius 3 is 1.64 bits per heavy atom. The van der Waals surface area contributed by atoms with Crippen LogP contribution >= 0.6 is 22.7 Å². The molecular weight excluding hydrogens is 909 g/mol. The summed E-state index contributed by atoms with van der Waals surface area (Å²) in [7, 11) is 3.03. The van der Waals surface area contributed by atoms with Crippen molar-refractivity contribution in [3.63, 3.8) is 0 Å². The van der Waals surface area contributed by atoms with Gasteiger partial charge in [0.2, 0.25) is 0 Å². The molecule has 0 bridgehead atoms. The molecule has 2 aliphatic heterocycles. The molecule has 1 atom stereocenters. The lowest BCUT2D eigenvalue weighted by atomic mass is 9.97. The second-order valence-electron chi connectivity index (χ2n) is 17.1. The molecule has 2 fully saturated rings. The first-order valence-electron chi connectivity index (χ1n) is 21.7. The van der Waals surface area contributed by atoms with E-state index in [4.69, 9.17) is 18.9 Å². The van der Waals surface area contributed by atoms with Crippen LogP contribution in [0.4, 0.5) is 17.6 Å². The number of benzene rings is 4. The Morgan fingerprint density at radius 1 is 0.627 bits per heavy atom. The first-order valence-corrected chi connectivity index (χ1v) is 23.4. The molecule has 2 aromatic heterocycles. The number of hydrogen-bond donors (Lipinski definition) is 2. The normalized spacial score (nSPS) is 15.9. The van der Waals surface area contributed by atoms with Gasteiger partial charge in [0.15, 0.2) is 23.0 Å². The maximum atomic E-state index is 16.6. The standard InChI is InChI=1S/C51H50F4N2O8S2/c1-50(52,53)46-40(21-38(66-46)29-64-43-16-12-33(20-45(43)63-3)25-57-27-37(28-57)49(60)61)35-13-9-31(10-14-35)23-51(54,55)47-41(34-7-5-4-6-8-34)22-39(67-47)30-65-42-15-11-32(19-44(42)62-2)24-56-18-17-36(26-56)48(58)59/h4-16,19-22,36-37H,17-18,23-30H2,1-3H3,(H,58,59)(H,60,61). The van der Waals surface area contributed by atoms with E-state index >= 15 is 17.6 Å². The number of nitrogens with zero attached hydrogens (tertiary/aromatic N) is 2. The molecule has 6 aromatic rings. The van der Waals surface area contributed by atoms with Crippen LogP contribution in [0.2, 0.25) is 0 Å². The summed E-state index contributed by atoms with van der Waals surface area (Å²) in [6.45, 7) is 4.01. The number of thiophene rings is 2. The predicted octanol–water partition coefficient (Wildman–Crippen LogP) is 11.2. The van der Waals surface area contributed by atoms with Gasteiger partial charge in [-0.25, -0.2) is 17.6 Å². The molecule has 0 saturated carbocycles. The van der Waals surface area contributed by atoms with Crippen molar-refractivity contribution in [3.8, 4) is 45.3 Å². The summed E-state index contributed by atoms with van der Waals surface area (Å²) < 4.78 is 86.8. The molecule has 8 rings (SSSR count). The van der Waals surface area contributed by atoms with E-state index < -0.39 is 30.2 Å². The highest BCUT2D eigenvalue weighted by Gasteiger charge is 2.38. The van der Waals surface area contributed by atoms with Crippen molar-refractivity contribution in [2.45, 2.75) is 57.9 Å². The Hall–Kier alpha value is -5.94. The Bertz CT molecular complexity index is 2700. The SMILES string of the molecule is COc1cc(CN2CC(C(=O)O)C2)ccc1OCc1cc(-c2ccc(CC(F)(F)c3sc(COc4ccc(CN5CCC(C(=O)O)C5)cc4OC)cc3-c3ccccc3)cc2)c(C(C)(F)F)s1. The van der Waals surface area contributed by atoms with Crippen LogP contribution < -0.4 is 18.9 Å². The zero-order valence-electron chi connectivity index (χ0n) is 37.1. The summed E-state index contributed by atoms with van der Waals surface area (Å²) in [4.78, 5) is 27.5. The fourth-order valence-corrected chi connectivity index (χ4v) is 10.6. The van der Waals surface area contributed by atoms with E-state index in [2.05, 4.69) is 4.90 Å². The third-order valence-electron chi connectivity index (χ3n) is 12.0. The second-order valence-corrected chi connectivity index (χ2v) is 19.4. The molecule has 2 saturated heterocycles. The van der Waals surface area contributed by atoms with Crippen molar-refractivity contribution >= 4 is 34.6 Å². The van der Waals surface area contributed by atoms with Gasteiger partial charge in [0.25, 0.3) is 11.8 Å². The molecule has 0 radical (unpaired) electrons. The van der Waals surface area contributed by atoms with Gasteiger partial charge in [-0.1, -0.05) is 66.7 Å². The van der Waals surface area contributed by atoms with E-state index in [-0.39, 0.29) is 40.4 Å². The molecule has 10 nitrogen and oxygen atoms in total. The molecule has 2 N–H and O–H groups in total. The highest BCUT2D eigenvalue weighted by molar-refractivity contribution is 7.13. The van der Waals surface area contributed by atoms with E-state index in [0.717, 1.165) is 40.7 Å². The van der Waals surface area contributed by atoms with Crippen molar-refractivity contribution < 1.29 is 56.3 Å². The lowest BCUT2D eigenvalue weighted by Crippen LogP contribution is -2.49. The van der Waals surface area contributed by atoms with Gasteiger partial charge in [-0.2, -0.15) is 0 Å². The summed E-state index contributed by atoms with van der Waals surface area (Å²) in [6, 6.07) is 29.5. The number of rotatable bonds is 20. The van der Waals surface area contributed by atoms with Gasteiger partial charge in [0, 0.05) is 66.9 Å². The Kier molecular flexibility index (Phi) is 14.3. The molecule has 16 heteroatoms. The minimum absolute atomic E-state index is 0.00600. The van der Waals surface area contributed by atoms with Gasteiger partial charge >= 0.3 is 11.9 Å². The summed E-state index contributed by atoms with van der Waals surface area (Å²) in [5.74, 6) is -7.06. The summed E-state index contributed by atoms with van der Waals surface area (Å²) in [5.41, 5.74) is 3.92. The molecule has 2 aliphatic rings. The average Bonchev–Trinajstić information content (AvgIpc) is 4.07. The van der Waals surface area contributed by atoms with Crippen LogP contribution in [0.15, 0.2) is 103 Å². The quantitative estimate of drug-likeness (QED) is 0.0716. The number of likely N-dealkylation sites (tertiary alicyclic amines) is 2. The minimum Gasteiger partial charge on any atom is -0.493 e. The van der Waals surface area contributed by atoms with E-state index in [9.17, 15) is 19.8 Å². The van der Waals surface area contributed by atoms with Crippen LogP contribution in [-0.2, 0) is 54.2 Å². The van der Waals surface area contributed by atoms with Crippen LogP contribution in [-0.4, -0.2) is 72.4 Å². The lowest BCUT2D eigenvalue weighted by molar-refractivity contribution is -0.147. The van der Waals surface area contributed by atoms with Crippen molar-refractivity contribution in [2.24, 2.45) is 11.8 Å². The molecule has 0 aliphatic carbocycles. The van der Waals surface area contributed by atoms with Crippen LogP contribution in [0.5, 0.6) is 23.0 Å². The maximum absolute atomic E-state index is 16.6. The largest absolute Gasteiger partial charge is 0.493 e. The molecule has 4 heterocycles. The number of methoxy groups -OCH3 is 2. The van der Waals surface area contributed by atoms with Gasteiger partial charge in [-0.15, -0.1) is 22.7 Å². The molecule has 0 spiro atoms. The van der Waals surface area contributed by atoms with Crippen molar-refractivity contribution in [1.82, 2.24) is 9.80 Å². The zero-order chi connectivity index (χ0) is 47.5. The van der Waals surface area contributed by atoms with E-state index in [0.29, 0.717) is 101 Å². The smallest absolute Gasteiger partial charge is 0.309 e. The van der Waals surface area contributed by atoms with Crippen molar-refractivity contribution in [3.05, 3.63) is 139 Å². The van der Waals surface area contributed by atoms with Gasteiger partial charge in [-0.05, 0) is 77.2 Å². The van der Waals surface area contributed by atoms with Crippen LogP contribution in [0.25, 0.3) is 22.3 Å². The van der Waals surface area contributed by atoms with Crippen LogP contribution in [0.3, 0.4) is 0 Å². The van der Waals surface area contributed by atoms with Gasteiger partial charge in [-0.3, -0.25) is 19.4 Å². The van der Waals surface area contributed by atoms with Gasteiger partial charge < -0.3 is 29.2 Å². The van der Waals surface area contributed by atoms with E-state index in [1.54, 1.807) is 72.8 Å². The van der Waals surface area contributed by atoms with Gasteiger partial charge in [0.05, 0.1) is 35.8 Å². The Labute approximate surface area is 393 Å². The number of aliphatic carboxylic acids is 2. The van der Waals surface area contributed by atoms with Crippen LogP contribution in [0.1, 0.15) is 49.5 Å². The summed E-state index contributed by atoms with van der Waals surface area (Å²) in [6.07, 6.45) is -0.0317. The maximum Gasteiger partial charge on any atom is 0.309 e. The molecule has 352 valence electrons. The zero-order valence-corrected chi connectivity index (χ0v) is 38.7. The number of carboxylic acids is 2. The molecule has 4 aromatic carbocycles. The first kappa shape index (κ1) is 47.5. The number of hydrogen-bond acceptors (Lipinski definition) is 10. The fraction of sp³-hybridized carbons (Fsp3) is 0.333. The highest BCUT2D eigenvalue weighted by Crippen LogP contribution is 2.46. The first-order chi connectivity index (χ1) is 32.1. The predicted molar refractivity (Wildman–Crippen MR) is 249 cm³/mol. The fourth-order valence-electron chi connectivity index (χ4n) is 8.52. The van der Waals surface area contributed by atoms with E-state index in [1.165, 1.54) is 14.2 Å². The van der Waals surface area contributed by atoms with Crippen molar-refractivity contribution in [2.75, 3.05) is 40.4 Å². The number of carboxylic acid groups (broad SMARTS) is 2. The topological polar surface area (TPSA) is 118 Å². The van der Waals surface area contributed by atoms with E-state index in [1.807, 2.05) is 35.2 Å². The third-order valence-corrected chi connectivity index (χ3v) is 14.5. The van der Waals surface area contributed by atoms with Crippen molar-refractivity contribution in [1.29, 1.82) is 0 Å². The number of carbonyl (C=O) groups is 2. The number of halogens is 4. The molecule has 0 amide bonds. The Balaban J connectivity index is 0.950.